The second-order valence-electron chi connectivity index (χ2n) is 8.63. The normalized spacial score (nSPS) is 18.4. The van der Waals surface area contributed by atoms with Crippen molar-refractivity contribution in [3.05, 3.63) is 30.3 Å². The molecule has 196 valence electrons. The van der Waals surface area contributed by atoms with E-state index in [0.717, 1.165) is 4.90 Å². The largest absolute Gasteiger partial charge is 0.746 e. The number of alkyl carbamates (subject to hydrolysis) is 1. The lowest BCUT2D eigenvalue weighted by Gasteiger charge is -2.29. The van der Waals surface area contributed by atoms with Gasteiger partial charge < -0.3 is 30.3 Å². The number of hydrogen-bond acceptors (Lipinski definition) is 9. The highest BCUT2D eigenvalue weighted by Crippen LogP contribution is 2.20. The van der Waals surface area contributed by atoms with Crippen LogP contribution in [-0.4, -0.2) is 72.4 Å². The number of rotatable bonds is 13. The summed E-state index contributed by atoms with van der Waals surface area (Å²) in [5.41, 5.74) is -2.44. The van der Waals surface area contributed by atoms with Crippen LogP contribution in [0.1, 0.15) is 33.1 Å². The zero-order valence-corrected chi connectivity index (χ0v) is 21.3. The minimum absolute atomic E-state index is 0.0353. The van der Waals surface area contributed by atoms with E-state index in [4.69, 9.17) is 4.74 Å². The van der Waals surface area contributed by atoms with Crippen molar-refractivity contribution < 1.29 is 37.2 Å². The number of aliphatic hydroxyl groups is 1. The van der Waals surface area contributed by atoms with Crippen LogP contribution in [0.15, 0.2) is 35.2 Å². The van der Waals surface area contributed by atoms with E-state index < -0.39 is 45.6 Å². The van der Waals surface area contributed by atoms with E-state index in [1.54, 1.807) is 0 Å². The summed E-state index contributed by atoms with van der Waals surface area (Å²) in [6.45, 7) is 4.10. The van der Waals surface area contributed by atoms with Crippen molar-refractivity contribution >= 4 is 39.8 Å². The van der Waals surface area contributed by atoms with Crippen LogP contribution in [0.3, 0.4) is 0 Å². The minimum Gasteiger partial charge on any atom is -0.746 e. The molecule has 0 spiro atoms. The number of benzene rings is 1. The molecule has 1 aliphatic rings. The van der Waals surface area contributed by atoms with Crippen LogP contribution in [0.4, 0.5) is 4.79 Å². The quantitative estimate of drug-likeness (QED) is 0.163. The highest BCUT2D eigenvalue weighted by Gasteiger charge is 2.35. The molecule has 1 saturated heterocycles. The molecule has 1 unspecified atom stereocenters. The summed E-state index contributed by atoms with van der Waals surface area (Å²) < 4.78 is 39.5. The Morgan fingerprint density at radius 2 is 1.94 bits per heavy atom. The van der Waals surface area contributed by atoms with Crippen LogP contribution in [-0.2, 0) is 24.4 Å². The molecule has 0 radical (unpaired) electrons. The second kappa shape index (κ2) is 13.7. The molecule has 0 aromatic heterocycles. The molecule has 0 saturated carbocycles. The lowest BCUT2D eigenvalue weighted by molar-refractivity contribution is -0.126. The zero-order chi connectivity index (χ0) is 26.0. The summed E-state index contributed by atoms with van der Waals surface area (Å²) in [4.78, 5) is 38.1. The van der Waals surface area contributed by atoms with E-state index in [0.29, 0.717) is 18.7 Å². The van der Waals surface area contributed by atoms with Crippen molar-refractivity contribution in [1.82, 2.24) is 16.0 Å². The number of thioether (sulfide) groups is 1. The van der Waals surface area contributed by atoms with E-state index in [1.807, 2.05) is 44.2 Å². The van der Waals surface area contributed by atoms with Gasteiger partial charge in [0.25, 0.3) is 0 Å². The number of nitrogens with one attached hydrogen (secondary N) is 3. The summed E-state index contributed by atoms with van der Waals surface area (Å²) in [5, 5.41) is 17.5. The Labute approximate surface area is 209 Å². The third-order valence-corrected chi connectivity index (χ3v) is 7.21. The Bertz CT molecular complexity index is 959. The number of amides is 3. The lowest BCUT2D eigenvalue weighted by Crippen LogP contribution is -2.55. The maximum absolute atomic E-state index is 12.9. The molecular formula is C22H32N3O8S2-. The van der Waals surface area contributed by atoms with Crippen molar-refractivity contribution in [2.45, 2.75) is 55.5 Å². The van der Waals surface area contributed by atoms with Gasteiger partial charge in [-0.2, -0.15) is 0 Å². The first-order valence-corrected chi connectivity index (χ1v) is 13.7. The molecule has 1 aromatic carbocycles. The molecule has 1 fully saturated rings. The van der Waals surface area contributed by atoms with Gasteiger partial charge >= 0.3 is 6.09 Å². The maximum Gasteiger partial charge on any atom is 0.407 e. The van der Waals surface area contributed by atoms with Gasteiger partial charge in [0.15, 0.2) is 5.44 Å². The maximum atomic E-state index is 12.9. The minimum atomic E-state index is -5.17. The molecule has 4 atom stereocenters. The first-order chi connectivity index (χ1) is 16.5. The molecule has 4 N–H and O–H groups in total. The fraction of sp³-hybridized carbons (Fsp3) is 0.591. The van der Waals surface area contributed by atoms with Crippen molar-refractivity contribution in [2.75, 3.05) is 18.9 Å². The van der Waals surface area contributed by atoms with Gasteiger partial charge in [-0.05, 0) is 37.3 Å². The van der Waals surface area contributed by atoms with E-state index in [2.05, 4.69) is 16.0 Å². The molecule has 2 rings (SSSR count). The highest BCUT2D eigenvalue weighted by atomic mass is 32.2. The van der Waals surface area contributed by atoms with Gasteiger partial charge in [0, 0.05) is 23.1 Å². The van der Waals surface area contributed by atoms with Crippen molar-refractivity contribution in [1.29, 1.82) is 0 Å². The standard InChI is InChI=1S/C22H33N3O8S2/c1-14(2)12-17(25-22(29)33-10-11-34-16-6-4-3-5-7-16)20(27)24-18(21(28)35(30,31)32)13-15-8-9-23-19(15)26/h3-7,14-15,17-18,21,28H,8-13H2,1-2H3,(H,23,26)(H,24,27)(H,25,29)(H,30,31,32)/p-1/t15-,17-,18-,21?/m0/s1. The van der Waals surface area contributed by atoms with Crippen LogP contribution < -0.4 is 16.0 Å². The molecule has 13 heteroatoms. The zero-order valence-electron chi connectivity index (χ0n) is 19.6. The predicted octanol–water partition coefficient (Wildman–Crippen LogP) is 0.794. The van der Waals surface area contributed by atoms with Crippen molar-refractivity contribution in [2.24, 2.45) is 11.8 Å². The molecule has 1 aliphatic heterocycles. The third kappa shape index (κ3) is 10.0. The number of hydrogen-bond donors (Lipinski definition) is 4. The summed E-state index contributed by atoms with van der Waals surface area (Å²) >= 11 is 1.50. The van der Waals surface area contributed by atoms with Gasteiger partial charge in [0.2, 0.25) is 11.8 Å². The van der Waals surface area contributed by atoms with Gasteiger partial charge in [0.1, 0.15) is 22.8 Å². The number of carbonyl (C=O) groups is 3. The van der Waals surface area contributed by atoms with Crippen molar-refractivity contribution in [3.63, 3.8) is 0 Å². The molecule has 1 aromatic rings. The summed E-state index contributed by atoms with van der Waals surface area (Å²) in [6.07, 6.45) is -0.507. The monoisotopic (exact) mass is 530 g/mol. The average molecular weight is 531 g/mol. The van der Waals surface area contributed by atoms with Crippen LogP contribution in [0.2, 0.25) is 0 Å². The third-order valence-electron chi connectivity index (χ3n) is 5.31. The lowest BCUT2D eigenvalue weighted by atomic mass is 9.97. The Hall–Kier alpha value is -2.35. The molecule has 0 bridgehead atoms. The van der Waals surface area contributed by atoms with Crippen molar-refractivity contribution in [3.8, 4) is 0 Å². The van der Waals surface area contributed by atoms with Gasteiger partial charge in [0.05, 0.1) is 6.04 Å². The van der Waals surface area contributed by atoms with Crippen LogP contribution >= 0.6 is 11.8 Å². The molecule has 35 heavy (non-hydrogen) atoms. The first-order valence-electron chi connectivity index (χ1n) is 11.3. The topological polar surface area (TPSA) is 174 Å². The fourth-order valence-corrected chi connectivity index (χ4v) is 4.94. The molecule has 0 aliphatic carbocycles. The predicted molar refractivity (Wildman–Crippen MR) is 128 cm³/mol. The van der Waals surface area contributed by atoms with Gasteiger partial charge in [-0.1, -0.05) is 32.0 Å². The summed E-state index contributed by atoms with van der Waals surface area (Å²) in [7, 11) is -5.17. The highest BCUT2D eigenvalue weighted by molar-refractivity contribution is 7.99. The Balaban J connectivity index is 1.98. The van der Waals surface area contributed by atoms with Gasteiger partial charge in [-0.3, -0.25) is 9.59 Å². The number of carbonyl (C=O) groups excluding carboxylic acids is 3. The van der Waals surface area contributed by atoms with Gasteiger partial charge in [-0.25, -0.2) is 13.2 Å². The van der Waals surface area contributed by atoms with E-state index >= 15 is 0 Å². The summed E-state index contributed by atoms with van der Waals surface area (Å²) in [6, 6.07) is 6.91. The Morgan fingerprint density at radius 3 is 2.51 bits per heavy atom. The SMILES string of the molecule is CC(C)C[C@H](NC(=O)OCCSc1ccccc1)C(=O)N[C@@H](C[C@@H]1CCNC1=O)C(O)S(=O)(=O)[O-]. The first kappa shape index (κ1) is 28.9. The van der Waals surface area contributed by atoms with E-state index in [1.165, 1.54) is 11.8 Å². The van der Waals surface area contributed by atoms with E-state index in [-0.39, 0.29) is 31.3 Å². The molecule has 3 amide bonds. The Morgan fingerprint density at radius 1 is 1.26 bits per heavy atom. The van der Waals surface area contributed by atoms with Crippen LogP contribution in [0.25, 0.3) is 0 Å². The van der Waals surface area contributed by atoms with E-state index in [9.17, 15) is 32.5 Å². The summed E-state index contributed by atoms with van der Waals surface area (Å²) in [5.74, 6) is -1.35. The Kier molecular flexibility index (Phi) is 11.3. The molecular weight excluding hydrogens is 498 g/mol. The van der Waals surface area contributed by atoms with Crippen LogP contribution in [0, 0.1) is 11.8 Å². The van der Waals surface area contributed by atoms with Crippen LogP contribution in [0.5, 0.6) is 0 Å². The molecule has 11 nitrogen and oxygen atoms in total. The number of ether oxygens (including phenoxy) is 1. The number of aliphatic hydroxyl groups excluding tert-OH is 1. The molecule has 1 heterocycles. The average Bonchev–Trinajstić information content (AvgIpc) is 3.19. The smallest absolute Gasteiger partial charge is 0.407 e. The fourth-order valence-electron chi connectivity index (χ4n) is 3.61. The second-order valence-corrected chi connectivity index (χ2v) is 11.3. The van der Waals surface area contributed by atoms with Gasteiger partial charge in [-0.15, -0.1) is 11.8 Å².